The molecule has 1 aromatic rings. The normalized spacial score (nSPS) is 20.8. The van der Waals surface area contributed by atoms with Gasteiger partial charge in [0.2, 0.25) is 0 Å². The van der Waals surface area contributed by atoms with Crippen molar-refractivity contribution in [3.63, 3.8) is 0 Å². The van der Waals surface area contributed by atoms with Gasteiger partial charge in [-0.05, 0) is 77.1 Å². The molecule has 1 saturated heterocycles. The van der Waals surface area contributed by atoms with E-state index in [1.165, 1.54) is 4.90 Å². The summed E-state index contributed by atoms with van der Waals surface area (Å²) in [5.41, 5.74) is -0.762. The van der Waals surface area contributed by atoms with Gasteiger partial charge in [0.05, 0.1) is 6.07 Å². The second-order valence-electron chi connectivity index (χ2n) is 8.48. The Balaban J connectivity index is 1.91. The predicted octanol–water partition coefficient (Wildman–Crippen LogP) is 4.63. The van der Waals surface area contributed by atoms with Gasteiger partial charge in [-0.15, -0.1) is 0 Å². The fourth-order valence-corrected chi connectivity index (χ4v) is 3.82. The van der Waals surface area contributed by atoms with Crippen LogP contribution in [0.1, 0.15) is 52.9 Å². The molecular formula is C21H26BrN3O3. The maximum Gasteiger partial charge on any atom is 0.410 e. The third-order valence-corrected chi connectivity index (χ3v) is 5.61. The zero-order chi connectivity index (χ0) is 20.5. The Morgan fingerprint density at radius 2 is 1.89 bits per heavy atom. The van der Waals surface area contributed by atoms with Gasteiger partial charge >= 0.3 is 6.09 Å². The average molecular weight is 448 g/mol. The minimum absolute atomic E-state index is 0.202. The largest absolute Gasteiger partial charge is 0.444 e. The second-order valence-corrected chi connectivity index (χ2v) is 9.39. The summed E-state index contributed by atoms with van der Waals surface area (Å²) >= 11 is 3.41. The Kier molecular flexibility index (Phi) is 5.72. The van der Waals surface area contributed by atoms with Crippen LogP contribution in [0.15, 0.2) is 28.7 Å². The predicted molar refractivity (Wildman–Crippen MR) is 110 cm³/mol. The van der Waals surface area contributed by atoms with Crippen LogP contribution in [0.5, 0.6) is 0 Å². The Labute approximate surface area is 174 Å². The smallest absolute Gasteiger partial charge is 0.410 e. The molecule has 1 atom stereocenters. The fraction of sp³-hybridized carbons (Fsp3) is 0.571. The quantitative estimate of drug-likeness (QED) is 0.676. The van der Waals surface area contributed by atoms with Gasteiger partial charge in [-0.25, -0.2) is 4.79 Å². The summed E-state index contributed by atoms with van der Waals surface area (Å²) in [6, 6.07) is 9.09. The molecule has 0 radical (unpaired) electrons. The van der Waals surface area contributed by atoms with Crippen molar-refractivity contribution in [3.8, 4) is 6.07 Å². The van der Waals surface area contributed by atoms with E-state index in [4.69, 9.17) is 4.74 Å². The highest BCUT2D eigenvalue weighted by Gasteiger charge is 2.54. The number of halogens is 1. The van der Waals surface area contributed by atoms with Gasteiger partial charge in [-0.1, -0.05) is 15.9 Å². The lowest BCUT2D eigenvalue weighted by Gasteiger charge is -2.39. The molecule has 0 aromatic heterocycles. The van der Waals surface area contributed by atoms with Crippen LogP contribution in [0.4, 0.5) is 10.5 Å². The van der Waals surface area contributed by atoms with Crippen LogP contribution < -0.4 is 4.90 Å². The van der Waals surface area contributed by atoms with Crippen LogP contribution in [0.3, 0.4) is 0 Å². The van der Waals surface area contributed by atoms with Crippen molar-refractivity contribution in [3.05, 3.63) is 28.7 Å². The molecule has 3 rings (SSSR count). The molecule has 6 nitrogen and oxygen atoms in total. The highest BCUT2D eigenvalue weighted by molar-refractivity contribution is 9.10. The minimum Gasteiger partial charge on any atom is -0.444 e. The fourth-order valence-electron chi connectivity index (χ4n) is 3.56. The standard InChI is InChI=1S/C21H26BrN3O3/c1-20(2,3)28-19(27)24-13-5-4-6-17(24)18(26)25(21(14-23)11-12-21)16-9-7-15(22)8-10-16/h7-10,17H,4-6,11-13H2,1-3H3. The summed E-state index contributed by atoms with van der Waals surface area (Å²) in [5.74, 6) is -0.202. The number of hydrogen-bond donors (Lipinski definition) is 0. The van der Waals surface area contributed by atoms with Crippen molar-refractivity contribution in [2.75, 3.05) is 11.4 Å². The van der Waals surface area contributed by atoms with Crippen LogP contribution >= 0.6 is 15.9 Å². The topological polar surface area (TPSA) is 73.6 Å². The van der Waals surface area contributed by atoms with Crippen molar-refractivity contribution in [2.45, 2.75) is 70.1 Å². The van der Waals surface area contributed by atoms with E-state index in [-0.39, 0.29) is 5.91 Å². The number of benzene rings is 1. The van der Waals surface area contributed by atoms with Gasteiger partial charge < -0.3 is 4.74 Å². The zero-order valence-electron chi connectivity index (χ0n) is 16.6. The molecule has 1 unspecified atom stereocenters. The van der Waals surface area contributed by atoms with E-state index in [1.54, 1.807) is 4.90 Å². The van der Waals surface area contributed by atoms with Gasteiger partial charge in [-0.3, -0.25) is 14.6 Å². The Hall–Kier alpha value is -2.07. The number of nitrogens with zero attached hydrogens (tertiary/aromatic N) is 3. The summed E-state index contributed by atoms with van der Waals surface area (Å²) < 4.78 is 6.43. The number of rotatable bonds is 3. The molecule has 7 heteroatoms. The highest BCUT2D eigenvalue weighted by Crippen LogP contribution is 2.45. The SMILES string of the molecule is CC(C)(C)OC(=O)N1CCCCC1C(=O)N(c1ccc(Br)cc1)C1(C#N)CC1. The molecule has 0 bridgehead atoms. The summed E-state index contributed by atoms with van der Waals surface area (Å²) in [6.45, 7) is 5.93. The number of carbonyl (C=O) groups excluding carboxylic acids is 2. The van der Waals surface area contributed by atoms with Gasteiger partial charge in [-0.2, -0.15) is 5.26 Å². The molecule has 1 saturated carbocycles. The first-order chi connectivity index (χ1) is 13.2. The van der Waals surface area contributed by atoms with E-state index in [0.717, 1.165) is 17.3 Å². The van der Waals surface area contributed by atoms with Crippen molar-refractivity contribution < 1.29 is 14.3 Å². The zero-order valence-corrected chi connectivity index (χ0v) is 18.2. The molecular weight excluding hydrogens is 422 g/mol. The Bertz CT molecular complexity index is 791. The average Bonchev–Trinajstić information content (AvgIpc) is 3.43. The van der Waals surface area contributed by atoms with Crippen molar-refractivity contribution in [2.24, 2.45) is 0 Å². The second kappa shape index (κ2) is 7.75. The van der Waals surface area contributed by atoms with Crippen LogP contribution in [0.25, 0.3) is 0 Å². The van der Waals surface area contributed by atoms with Crippen molar-refractivity contribution >= 4 is 33.6 Å². The lowest BCUT2D eigenvalue weighted by atomic mass is 9.99. The van der Waals surface area contributed by atoms with E-state index in [1.807, 2.05) is 45.0 Å². The van der Waals surface area contributed by atoms with E-state index in [0.29, 0.717) is 31.5 Å². The molecule has 2 fully saturated rings. The molecule has 1 aromatic carbocycles. The molecule has 2 aliphatic rings. The maximum absolute atomic E-state index is 13.6. The summed E-state index contributed by atoms with van der Waals surface area (Å²) in [7, 11) is 0. The molecule has 150 valence electrons. The first kappa shape index (κ1) is 20.7. The Morgan fingerprint density at radius 1 is 1.25 bits per heavy atom. The first-order valence-corrected chi connectivity index (χ1v) is 10.5. The molecule has 0 N–H and O–H groups in total. The molecule has 1 aliphatic carbocycles. The maximum atomic E-state index is 13.6. The number of likely N-dealkylation sites (tertiary alicyclic amines) is 1. The number of amides is 2. The van der Waals surface area contributed by atoms with Crippen molar-refractivity contribution in [1.82, 2.24) is 4.90 Å². The van der Waals surface area contributed by atoms with Crippen LogP contribution in [-0.2, 0) is 9.53 Å². The van der Waals surface area contributed by atoms with E-state index in [2.05, 4.69) is 22.0 Å². The van der Waals surface area contributed by atoms with E-state index in [9.17, 15) is 14.9 Å². The third kappa shape index (κ3) is 4.33. The Morgan fingerprint density at radius 3 is 2.43 bits per heavy atom. The molecule has 28 heavy (non-hydrogen) atoms. The number of ether oxygens (including phenoxy) is 1. The molecule has 1 aliphatic heterocycles. The lowest BCUT2D eigenvalue weighted by Crippen LogP contribution is -2.56. The number of piperidine rings is 1. The van der Waals surface area contributed by atoms with Crippen LogP contribution in [0.2, 0.25) is 0 Å². The summed E-state index contributed by atoms with van der Waals surface area (Å²) in [6.07, 6.45) is 3.10. The van der Waals surface area contributed by atoms with Gasteiger partial charge in [0.15, 0.2) is 0 Å². The van der Waals surface area contributed by atoms with Gasteiger partial charge in [0.1, 0.15) is 17.2 Å². The number of nitriles is 1. The number of anilines is 1. The summed E-state index contributed by atoms with van der Waals surface area (Å²) in [5, 5.41) is 9.76. The molecule has 2 amide bonds. The first-order valence-electron chi connectivity index (χ1n) is 9.67. The van der Waals surface area contributed by atoms with Crippen molar-refractivity contribution in [1.29, 1.82) is 5.26 Å². The number of hydrogen-bond acceptors (Lipinski definition) is 4. The van der Waals surface area contributed by atoms with E-state index >= 15 is 0 Å². The minimum atomic E-state index is -0.817. The summed E-state index contributed by atoms with van der Waals surface area (Å²) in [4.78, 5) is 29.5. The van der Waals surface area contributed by atoms with Crippen LogP contribution in [0, 0.1) is 11.3 Å². The number of carbonyl (C=O) groups is 2. The monoisotopic (exact) mass is 447 g/mol. The van der Waals surface area contributed by atoms with Gasteiger partial charge in [0, 0.05) is 16.7 Å². The molecule has 1 heterocycles. The van der Waals surface area contributed by atoms with Crippen LogP contribution in [-0.4, -0.2) is 40.6 Å². The molecule has 0 spiro atoms. The third-order valence-electron chi connectivity index (χ3n) is 5.08. The lowest BCUT2D eigenvalue weighted by molar-refractivity contribution is -0.125. The highest BCUT2D eigenvalue weighted by atomic mass is 79.9. The van der Waals surface area contributed by atoms with Gasteiger partial charge in [0.25, 0.3) is 5.91 Å². The van der Waals surface area contributed by atoms with E-state index < -0.39 is 23.3 Å².